The molecule has 1 aromatic heterocycles. The Morgan fingerprint density at radius 1 is 1.33 bits per heavy atom. The van der Waals surface area contributed by atoms with Crippen LogP contribution in [-0.2, 0) is 0 Å². The maximum atomic E-state index is 9.43. The molecule has 3 N–H and O–H groups in total. The maximum absolute atomic E-state index is 9.43. The van der Waals surface area contributed by atoms with Crippen molar-refractivity contribution in [2.45, 2.75) is 38.1 Å². The Kier molecular flexibility index (Phi) is 4.02. The van der Waals surface area contributed by atoms with Crippen LogP contribution in [-0.4, -0.2) is 16.0 Å². The van der Waals surface area contributed by atoms with Gasteiger partial charge in [0, 0.05) is 12.2 Å². The second-order valence-corrected chi connectivity index (χ2v) is 5.73. The maximum Gasteiger partial charge on any atom is 0.155 e. The minimum absolute atomic E-state index is 0.386. The summed E-state index contributed by atoms with van der Waals surface area (Å²) in [5.41, 5.74) is 1.30. The van der Waals surface area contributed by atoms with Crippen LogP contribution in [0.3, 0.4) is 0 Å². The van der Waals surface area contributed by atoms with Gasteiger partial charge in [-0.3, -0.25) is 0 Å². The van der Waals surface area contributed by atoms with E-state index in [1.165, 1.54) is 19.3 Å². The number of hydrogen-bond donors (Lipinski definition) is 3. The number of anilines is 2. The zero-order valence-electron chi connectivity index (χ0n) is 11.6. The first-order valence-corrected chi connectivity index (χ1v) is 7.63. The monoisotopic (exact) mass is 299 g/mol. The highest BCUT2D eigenvalue weighted by Crippen LogP contribution is 2.29. The summed E-state index contributed by atoms with van der Waals surface area (Å²) >= 11 is 5.41. The van der Waals surface area contributed by atoms with E-state index < -0.39 is 0 Å². The van der Waals surface area contributed by atoms with Gasteiger partial charge >= 0.3 is 0 Å². The zero-order chi connectivity index (χ0) is 14.7. The van der Waals surface area contributed by atoms with Crippen molar-refractivity contribution in [1.82, 2.24) is 10.3 Å². The van der Waals surface area contributed by atoms with E-state index in [0.717, 1.165) is 24.3 Å². The summed E-state index contributed by atoms with van der Waals surface area (Å²) in [4.78, 5) is 4.73. The van der Waals surface area contributed by atoms with Crippen molar-refractivity contribution in [3.05, 3.63) is 29.7 Å². The van der Waals surface area contributed by atoms with Gasteiger partial charge in [-0.25, -0.2) is 4.98 Å². The Bertz CT molecular complexity index is 598. The van der Waals surface area contributed by atoms with Crippen LogP contribution in [0.2, 0.25) is 0 Å². The fourth-order valence-electron chi connectivity index (χ4n) is 2.74. The summed E-state index contributed by atoms with van der Waals surface area (Å²) in [6, 6.07) is 6.34. The Morgan fingerprint density at radius 2 is 2.14 bits per heavy atom. The van der Waals surface area contributed by atoms with Crippen LogP contribution < -0.4 is 16.0 Å². The molecule has 2 heterocycles. The van der Waals surface area contributed by atoms with E-state index in [-0.39, 0.29) is 0 Å². The van der Waals surface area contributed by atoms with Crippen molar-refractivity contribution in [2.75, 3.05) is 10.6 Å². The van der Waals surface area contributed by atoms with E-state index in [4.69, 9.17) is 12.2 Å². The minimum Gasteiger partial charge on any atom is -0.372 e. The van der Waals surface area contributed by atoms with Crippen molar-refractivity contribution in [3.8, 4) is 6.07 Å². The van der Waals surface area contributed by atoms with Crippen LogP contribution in [0.25, 0.3) is 0 Å². The lowest BCUT2D eigenvalue weighted by Gasteiger charge is -2.24. The van der Waals surface area contributed by atoms with Crippen molar-refractivity contribution < 1.29 is 0 Å². The number of aromatic nitrogens is 1. The summed E-state index contributed by atoms with van der Waals surface area (Å²) in [6.07, 6.45) is 7.70. The normalized spacial score (nSPS) is 19.8. The smallest absolute Gasteiger partial charge is 0.155 e. The number of pyridine rings is 1. The van der Waals surface area contributed by atoms with Crippen molar-refractivity contribution in [3.63, 3.8) is 0 Å². The molecule has 0 unspecified atom stereocenters. The van der Waals surface area contributed by atoms with Crippen LogP contribution in [0, 0.1) is 11.3 Å². The van der Waals surface area contributed by atoms with Crippen molar-refractivity contribution in [2.24, 2.45) is 0 Å². The largest absolute Gasteiger partial charge is 0.372 e. The molecule has 1 saturated carbocycles. The lowest BCUT2D eigenvalue weighted by Crippen LogP contribution is -2.36. The molecule has 0 aromatic carbocycles. The third-order valence-corrected chi connectivity index (χ3v) is 4.16. The lowest BCUT2D eigenvalue weighted by atomic mass is 9.95. The van der Waals surface area contributed by atoms with E-state index in [0.29, 0.717) is 22.4 Å². The van der Waals surface area contributed by atoms with Gasteiger partial charge in [-0.15, -0.1) is 0 Å². The summed E-state index contributed by atoms with van der Waals surface area (Å²) < 4.78 is 0. The molecule has 3 rings (SSSR count). The molecule has 0 saturated heterocycles. The van der Waals surface area contributed by atoms with E-state index in [1.54, 1.807) is 6.20 Å². The Morgan fingerprint density at radius 3 is 2.86 bits per heavy atom. The average molecular weight is 299 g/mol. The number of rotatable bonds is 2. The van der Waals surface area contributed by atoms with Gasteiger partial charge in [-0.2, -0.15) is 5.26 Å². The molecule has 0 atom stereocenters. The summed E-state index contributed by atoms with van der Waals surface area (Å²) in [5, 5.41) is 19.0. The quantitative estimate of drug-likeness (QED) is 0.443. The Hall–Kier alpha value is -2.13. The van der Waals surface area contributed by atoms with E-state index >= 15 is 0 Å². The first-order chi connectivity index (χ1) is 10.3. The number of hydrogen-bond acceptors (Lipinski definition) is 5. The van der Waals surface area contributed by atoms with Crippen molar-refractivity contribution >= 4 is 28.7 Å². The van der Waals surface area contributed by atoms with Crippen LogP contribution >= 0.6 is 12.2 Å². The van der Waals surface area contributed by atoms with Gasteiger partial charge in [-0.1, -0.05) is 31.5 Å². The molecule has 108 valence electrons. The molecular formula is C15H17N5S. The number of fused-ring (bicyclic) bond motifs is 1. The van der Waals surface area contributed by atoms with Crippen LogP contribution in [0.5, 0.6) is 0 Å². The van der Waals surface area contributed by atoms with Gasteiger partial charge in [0.1, 0.15) is 22.5 Å². The second kappa shape index (κ2) is 6.10. The highest BCUT2D eigenvalue weighted by atomic mass is 32.1. The van der Waals surface area contributed by atoms with Gasteiger partial charge < -0.3 is 16.0 Å². The highest BCUT2D eigenvalue weighted by Gasteiger charge is 2.22. The number of nitrogens with one attached hydrogen (secondary N) is 3. The van der Waals surface area contributed by atoms with E-state index in [1.807, 2.05) is 12.1 Å². The van der Waals surface area contributed by atoms with Gasteiger partial charge in [0.05, 0.1) is 5.69 Å². The third kappa shape index (κ3) is 2.98. The highest BCUT2D eigenvalue weighted by molar-refractivity contribution is 7.80. The first-order valence-electron chi connectivity index (χ1n) is 7.22. The standard InChI is InChI=1S/C15H17N5S/c16-9-11(15(21)18-10-5-2-1-3-6-10)13-19-12-7-4-8-17-14(12)20-13/h4,7-8,10,19H,1-3,5-6H2,(H,17,20)(H,18,21)/b13-11-. The van der Waals surface area contributed by atoms with Gasteiger partial charge in [0.25, 0.3) is 0 Å². The molecule has 0 bridgehead atoms. The molecule has 1 aliphatic carbocycles. The van der Waals surface area contributed by atoms with Gasteiger partial charge in [0.2, 0.25) is 0 Å². The van der Waals surface area contributed by atoms with Crippen molar-refractivity contribution in [1.29, 1.82) is 5.26 Å². The lowest BCUT2D eigenvalue weighted by molar-refractivity contribution is 0.415. The number of nitriles is 1. The molecule has 0 radical (unpaired) electrons. The molecule has 0 amide bonds. The van der Waals surface area contributed by atoms with Crippen LogP contribution in [0.1, 0.15) is 32.1 Å². The summed E-state index contributed by atoms with van der Waals surface area (Å²) in [7, 11) is 0. The number of nitrogens with zero attached hydrogens (tertiary/aromatic N) is 2. The molecule has 1 aliphatic heterocycles. The predicted molar refractivity (Wildman–Crippen MR) is 86.7 cm³/mol. The zero-order valence-corrected chi connectivity index (χ0v) is 12.5. The van der Waals surface area contributed by atoms with Crippen LogP contribution in [0.4, 0.5) is 11.5 Å². The average Bonchev–Trinajstić information content (AvgIpc) is 2.92. The number of thiocarbonyl (C=S) groups is 1. The van der Waals surface area contributed by atoms with E-state index in [9.17, 15) is 5.26 Å². The second-order valence-electron chi connectivity index (χ2n) is 5.32. The van der Waals surface area contributed by atoms with Gasteiger partial charge in [-0.05, 0) is 25.0 Å². The topological polar surface area (TPSA) is 72.8 Å². The SMILES string of the molecule is N#C/C(C(=S)NC1CCCCC1)=C1\Nc2cccnc2N1. The third-order valence-electron chi connectivity index (χ3n) is 3.84. The molecule has 5 nitrogen and oxygen atoms in total. The van der Waals surface area contributed by atoms with E-state index in [2.05, 4.69) is 27.0 Å². The van der Waals surface area contributed by atoms with Crippen LogP contribution in [0.15, 0.2) is 29.7 Å². The van der Waals surface area contributed by atoms with Gasteiger partial charge in [0.15, 0.2) is 5.82 Å². The molecule has 2 aliphatic rings. The molecular weight excluding hydrogens is 282 g/mol. The first kappa shape index (κ1) is 13.8. The fraction of sp³-hybridized carbons (Fsp3) is 0.400. The molecule has 6 heteroatoms. The predicted octanol–water partition coefficient (Wildman–Crippen LogP) is 2.90. The molecule has 1 fully saturated rings. The summed E-state index contributed by atoms with van der Waals surface area (Å²) in [5.74, 6) is 1.33. The Balaban J connectivity index is 1.75. The molecule has 1 aromatic rings. The Labute approximate surface area is 129 Å². The molecule has 21 heavy (non-hydrogen) atoms. The fourth-order valence-corrected chi connectivity index (χ4v) is 3.05. The summed E-state index contributed by atoms with van der Waals surface area (Å²) in [6.45, 7) is 0. The molecule has 0 spiro atoms. The minimum atomic E-state index is 0.386.